The topological polar surface area (TPSA) is 69.8 Å². The van der Waals surface area contributed by atoms with Crippen molar-refractivity contribution in [2.75, 3.05) is 32.1 Å². The van der Waals surface area contributed by atoms with Gasteiger partial charge in [-0.3, -0.25) is 4.40 Å². The summed E-state index contributed by atoms with van der Waals surface area (Å²) in [5.74, 6) is 0.00191. The molecule has 11 heteroatoms. The quantitative estimate of drug-likeness (QED) is 0.652. The Kier molecular flexibility index (Phi) is 5.00. The summed E-state index contributed by atoms with van der Waals surface area (Å²) in [6.45, 7) is 1.02. The van der Waals surface area contributed by atoms with Gasteiger partial charge in [0.1, 0.15) is 11.9 Å². The number of anilines is 1. The van der Waals surface area contributed by atoms with Gasteiger partial charge in [-0.05, 0) is 25.2 Å². The minimum absolute atomic E-state index is 0.0916. The molecule has 0 radical (unpaired) electrons. The van der Waals surface area contributed by atoms with Crippen LogP contribution in [-0.4, -0.2) is 69.0 Å². The van der Waals surface area contributed by atoms with Gasteiger partial charge in [-0.25, -0.2) is 9.37 Å². The van der Waals surface area contributed by atoms with E-state index in [2.05, 4.69) is 15.2 Å². The first kappa shape index (κ1) is 20.3. The van der Waals surface area contributed by atoms with Gasteiger partial charge in [-0.15, -0.1) is 10.2 Å². The van der Waals surface area contributed by atoms with E-state index in [1.807, 2.05) is 16.8 Å². The standard InChI is InChI=1S/C19H20F4N6O/c1-27-9-12(20)8-13(10-27)28(2)18-17-24-5-6-29(17)16(25-26-18)14-4-3-11(7-15(14)30)19(21,22)23/h3-7,12-13,30H,8-10H2,1-2H3/t12-,13-/m1/s1. The number of halogens is 4. The summed E-state index contributed by atoms with van der Waals surface area (Å²) in [6, 6.07) is 2.53. The van der Waals surface area contributed by atoms with E-state index in [0.29, 0.717) is 37.0 Å². The molecule has 1 aliphatic heterocycles. The largest absolute Gasteiger partial charge is 0.507 e. The van der Waals surface area contributed by atoms with E-state index in [-0.39, 0.29) is 17.4 Å². The fourth-order valence-electron chi connectivity index (χ4n) is 3.81. The monoisotopic (exact) mass is 424 g/mol. The first-order chi connectivity index (χ1) is 14.1. The van der Waals surface area contributed by atoms with Crippen molar-refractivity contribution >= 4 is 11.5 Å². The summed E-state index contributed by atoms with van der Waals surface area (Å²) >= 11 is 0. The molecule has 2 aromatic heterocycles. The fraction of sp³-hybridized carbons (Fsp3) is 0.421. The normalized spacial score (nSPS) is 20.6. The Hall–Kier alpha value is -2.95. The van der Waals surface area contributed by atoms with Gasteiger partial charge in [0.15, 0.2) is 17.3 Å². The van der Waals surface area contributed by atoms with Crippen LogP contribution in [0.15, 0.2) is 30.6 Å². The van der Waals surface area contributed by atoms with Gasteiger partial charge in [0.25, 0.3) is 0 Å². The van der Waals surface area contributed by atoms with E-state index in [9.17, 15) is 22.7 Å². The van der Waals surface area contributed by atoms with Crippen LogP contribution in [0, 0.1) is 0 Å². The zero-order valence-corrected chi connectivity index (χ0v) is 16.3. The van der Waals surface area contributed by atoms with Crippen molar-refractivity contribution in [2.45, 2.75) is 24.8 Å². The van der Waals surface area contributed by atoms with Crippen LogP contribution >= 0.6 is 0 Å². The van der Waals surface area contributed by atoms with E-state index >= 15 is 0 Å². The fourth-order valence-corrected chi connectivity index (χ4v) is 3.81. The molecule has 0 spiro atoms. The molecule has 0 saturated carbocycles. The number of likely N-dealkylation sites (tertiary alicyclic amines) is 1. The predicted molar refractivity (Wildman–Crippen MR) is 102 cm³/mol. The maximum Gasteiger partial charge on any atom is 0.416 e. The average Bonchev–Trinajstić information content (AvgIpc) is 3.15. The number of aromatic nitrogens is 4. The molecule has 1 aromatic carbocycles. The van der Waals surface area contributed by atoms with Gasteiger partial charge in [0.05, 0.1) is 11.1 Å². The van der Waals surface area contributed by atoms with Crippen molar-refractivity contribution in [3.05, 3.63) is 36.2 Å². The molecule has 1 fully saturated rings. The zero-order valence-electron chi connectivity index (χ0n) is 16.3. The number of imidazole rings is 1. The van der Waals surface area contributed by atoms with Gasteiger partial charge in [-0.2, -0.15) is 13.2 Å². The maximum absolute atomic E-state index is 14.0. The van der Waals surface area contributed by atoms with Crippen molar-refractivity contribution in [2.24, 2.45) is 0 Å². The summed E-state index contributed by atoms with van der Waals surface area (Å²) in [5, 5.41) is 18.5. The number of phenols is 1. The maximum atomic E-state index is 14.0. The summed E-state index contributed by atoms with van der Waals surface area (Å²) in [6.07, 6.45) is -2.09. The van der Waals surface area contributed by atoms with E-state index in [0.717, 1.165) is 12.1 Å². The minimum atomic E-state index is -4.57. The summed E-state index contributed by atoms with van der Waals surface area (Å²) in [7, 11) is 3.63. The highest BCUT2D eigenvalue weighted by Gasteiger charge is 2.32. The van der Waals surface area contributed by atoms with E-state index in [4.69, 9.17) is 0 Å². The Labute approximate surface area is 169 Å². The molecule has 3 heterocycles. The SMILES string of the molecule is CN1C[C@H](F)C[C@@H](N(C)c2nnc(-c3ccc(C(F)(F)F)cc3O)n3ccnc23)C1. The molecule has 30 heavy (non-hydrogen) atoms. The van der Waals surface area contributed by atoms with Gasteiger partial charge in [-0.1, -0.05) is 0 Å². The number of aromatic hydroxyl groups is 1. The van der Waals surface area contributed by atoms with E-state index in [1.54, 1.807) is 17.6 Å². The molecule has 4 rings (SSSR count). The van der Waals surface area contributed by atoms with Crippen LogP contribution in [0.5, 0.6) is 5.75 Å². The van der Waals surface area contributed by atoms with Gasteiger partial charge in [0.2, 0.25) is 0 Å². The second-order valence-electron chi connectivity index (χ2n) is 7.52. The van der Waals surface area contributed by atoms with Crippen LogP contribution in [-0.2, 0) is 6.18 Å². The average molecular weight is 424 g/mol. The molecule has 1 N–H and O–H groups in total. The Morgan fingerprint density at radius 2 is 1.97 bits per heavy atom. The number of piperidine rings is 1. The number of benzene rings is 1. The number of fused-ring (bicyclic) bond motifs is 1. The van der Waals surface area contributed by atoms with Gasteiger partial charge in [0, 0.05) is 45.0 Å². The van der Waals surface area contributed by atoms with Crippen LogP contribution in [0.1, 0.15) is 12.0 Å². The summed E-state index contributed by atoms with van der Waals surface area (Å²) < 4.78 is 54.2. The van der Waals surface area contributed by atoms with E-state index < -0.39 is 23.7 Å². The lowest BCUT2D eigenvalue weighted by atomic mass is 10.0. The zero-order chi connectivity index (χ0) is 21.6. The van der Waals surface area contributed by atoms with Crippen molar-refractivity contribution in [1.29, 1.82) is 0 Å². The molecular weight excluding hydrogens is 404 g/mol. The predicted octanol–water partition coefficient (Wildman–Crippen LogP) is 2.99. The smallest absolute Gasteiger partial charge is 0.416 e. The number of hydrogen-bond acceptors (Lipinski definition) is 6. The number of hydrogen-bond donors (Lipinski definition) is 1. The Balaban J connectivity index is 1.73. The van der Waals surface area contributed by atoms with Crippen molar-refractivity contribution in [3.63, 3.8) is 0 Å². The van der Waals surface area contributed by atoms with Crippen LogP contribution in [0.3, 0.4) is 0 Å². The molecule has 0 amide bonds. The highest BCUT2D eigenvalue weighted by Crippen LogP contribution is 2.36. The lowest BCUT2D eigenvalue weighted by molar-refractivity contribution is -0.137. The second kappa shape index (κ2) is 7.38. The lowest BCUT2D eigenvalue weighted by Gasteiger charge is -2.37. The molecule has 1 saturated heterocycles. The molecular formula is C19H20F4N6O. The molecule has 3 aromatic rings. The third-order valence-corrected chi connectivity index (χ3v) is 5.32. The molecule has 0 aliphatic carbocycles. The van der Waals surface area contributed by atoms with Crippen LogP contribution < -0.4 is 4.90 Å². The highest BCUT2D eigenvalue weighted by atomic mass is 19.4. The second-order valence-corrected chi connectivity index (χ2v) is 7.52. The number of likely N-dealkylation sites (N-methyl/N-ethyl adjacent to an activating group) is 2. The summed E-state index contributed by atoms with van der Waals surface area (Å²) in [4.78, 5) is 8.01. The first-order valence-electron chi connectivity index (χ1n) is 9.31. The summed E-state index contributed by atoms with van der Waals surface area (Å²) in [5.41, 5.74) is -0.462. The van der Waals surface area contributed by atoms with Crippen LogP contribution in [0.4, 0.5) is 23.4 Å². The first-order valence-corrected chi connectivity index (χ1v) is 9.31. The Morgan fingerprint density at radius 1 is 1.20 bits per heavy atom. The minimum Gasteiger partial charge on any atom is -0.507 e. The Morgan fingerprint density at radius 3 is 2.63 bits per heavy atom. The lowest BCUT2D eigenvalue weighted by Crippen LogP contribution is -2.49. The molecule has 1 aliphatic rings. The van der Waals surface area contributed by atoms with Crippen molar-refractivity contribution in [3.8, 4) is 17.1 Å². The van der Waals surface area contributed by atoms with Crippen molar-refractivity contribution in [1.82, 2.24) is 24.5 Å². The molecule has 160 valence electrons. The van der Waals surface area contributed by atoms with Gasteiger partial charge >= 0.3 is 6.18 Å². The van der Waals surface area contributed by atoms with Gasteiger partial charge < -0.3 is 14.9 Å². The molecule has 7 nitrogen and oxygen atoms in total. The number of phenolic OH excluding ortho intramolecular Hbond substituents is 1. The number of rotatable bonds is 3. The molecule has 2 atom stereocenters. The van der Waals surface area contributed by atoms with Crippen LogP contribution in [0.2, 0.25) is 0 Å². The number of nitrogens with zero attached hydrogens (tertiary/aromatic N) is 6. The molecule has 0 bridgehead atoms. The third-order valence-electron chi connectivity index (χ3n) is 5.32. The van der Waals surface area contributed by atoms with E-state index in [1.165, 1.54) is 6.20 Å². The number of alkyl halides is 4. The molecule has 0 unspecified atom stereocenters. The van der Waals surface area contributed by atoms with Crippen LogP contribution in [0.25, 0.3) is 17.0 Å². The highest BCUT2D eigenvalue weighted by molar-refractivity contribution is 5.71. The van der Waals surface area contributed by atoms with Crippen molar-refractivity contribution < 1.29 is 22.7 Å². The Bertz CT molecular complexity index is 1060. The third kappa shape index (κ3) is 3.64.